The van der Waals surface area contributed by atoms with Crippen molar-refractivity contribution in [3.8, 4) is 0 Å². The fraction of sp³-hybridized carbons (Fsp3) is 0.462. The molecule has 0 aliphatic carbocycles. The molecule has 16 heavy (non-hydrogen) atoms. The lowest BCUT2D eigenvalue weighted by Crippen LogP contribution is -2.13. The van der Waals surface area contributed by atoms with Gasteiger partial charge in [-0.2, -0.15) is 0 Å². The number of hydrogen-bond acceptors (Lipinski definition) is 2. The number of benzene rings is 1. The summed E-state index contributed by atoms with van der Waals surface area (Å²) in [5.41, 5.74) is 5.04. The number of nitrogens with zero attached hydrogens (tertiary/aromatic N) is 2. The summed E-state index contributed by atoms with van der Waals surface area (Å²) >= 11 is 0. The van der Waals surface area contributed by atoms with Crippen molar-refractivity contribution in [1.29, 1.82) is 0 Å². The fourth-order valence-electron chi connectivity index (χ4n) is 2.10. The van der Waals surface area contributed by atoms with E-state index in [1.54, 1.807) is 0 Å². The number of fused-ring (bicyclic) bond motifs is 1. The van der Waals surface area contributed by atoms with E-state index in [2.05, 4.69) is 47.9 Å². The molecule has 0 fully saturated rings. The Hall–Kier alpha value is -1.35. The summed E-state index contributed by atoms with van der Waals surface area (Å²) in [7, 11) is 4.07. The van der Waals surface area contributed by atoms with Crippen molar-refractivity contribution in [2.24, 2.45) is 7.05 Å². The van der Waals surface area contributed by atoms with E-state index in [1.165, 1.54) is 16.6 Å². The van der Waals surface area contributed by atoms with E-state index in [4.69, 9.17) is 0 Å². The predicted octanol–water partition coefficient (Wildman–Crippen LogP) is 1.95. The van der Waals surface area contributed by atoms with Gasteiger partial charge in [0, 0.05) is 20.0 Å². The highest BCUT2D eigenvalue weighted by atomic mass is 15.1. The average Bonchev–Trinajstić information content (AvgIpc) is 2.59. The summed E-state index contributed by atoms with van der Waals surface area (Å²) in [6.07, 6.45) is 0.972. The van der Waals surface area contributed by atoms with Crippen LogP contribution in [-0.4, -0.2) is 23.1 Å². The van der Waals surface area contributed by atoms with Crippen molar-refractivity contribution in [3.63, 3.8) is 0 Å². The van der Waals surface area contributed by atoms with Gasteiger partial charge in [0.2, 0.25) is 0 Å². The highest BCUT2D eigenvalue weighted by Crippen LogP contribution is 2.21. The van der Waals surface area contributed by atoms with Gasteiger partial charge in [-0.3, -0.25) is 0 Å². The second kappa shape index (κ2) is 4.26. The minimum atomic E-state index is 0.967. The minimum Gasteiger partial charge on any atom is -0.331 e. The molecule has 1 aromatic carbocycles. The number of aryl methyl sites for hydroxylation is 3. The molecule has 0 aliphatic rings. The van der Waals surface area contributed by atoms with Gasteiger partial charge in [0.1, 0.15) is 5.82 Å². The largest absolute Gasteiger partial charge is 0.331 e. The van der Waals surface area contributed by atoms with Crippen LogP contribution in [0.15, 0.2) is 12.1 Å². The molecule has 0 amide bonds. The van der Waals surface area contributed by atoms with E-state index in [1.807, 2.05) is 7.05 Å². The smallest absolute Gasteiger partial charge is 0.110 e. The van der Waals surface area contributed by atoms with E-state index in [0.29, 0.717) is 0 Å². The van der Waals surface area contributed by atoms with Crippen LogP contribution in [0, 0.1) is 13.8 Å². The maximum atomic E-state index is 4.67. The van der Waals surface area contributed by atoms with Crippen LogP contribution >= 0.6 is 0 Å². The number of rotatable bonds is 3. The summed E-state index contributed by atoms with van der Waals surface area (Å²) in [5, 5.41) is 3.16. The van der Waals surface area contributed by atoms with Crippen molar-refractivity contribution in [3.05, 3.63) is 29.1 Å². The molecule has 0 aliphatic heterocycles. The van der Waals surface area contributed by atoms with Gasteiger partial charge < -0.3 is 9.88 Å². The molecule has 3 heteroatoms. The summed E-state index contributed by atoms with van der Waals surface area (Å²) < 4.78 is 2.22. The summed E-state index contributed by atoms with van der Waals surface area (Å²) in [6.45, 7) is 5.28. The Morgan fingerprint density at radius 1 is 1.31 bits per heavy atom. The first-order valence-corrected chi connectivity index (χ1v) is 5.71. The Kier molecular flexibility index (Phi) is 2.97. The van der Waals surface area contributed by atoms with E-state index in [9.17, 15) is 0 Å². The first-order chi connectivity index (χ1) is 7.65. The van der Waals surface area contributed by atoms with Gasteiger partial charge in [0.05, 0.1) is 11.0 Å². The topological polar surface area (TPSA) is 29.9 Å². The first kappa shape index (κ1) is 11.1. The summed E-state index contributed by atoms with van der Waals surface area (Å²) in [6, 6.07) is 4.26. The van der Waals surface area contributed by atoms with E-state index < -0.39 is 0 Å². The monoisotopic (exact) mass is 217 g/mol. The van der Waals surface area contributed by atoms with Crippen molar-refractivity contribution in [2.75, 3.05) is 13.6 Å². The Bertz CT molecular complexity index is 511. The maximum Gasteiger partial charge on any atom is 0.110 e. The maximum absolute atomic E-state index is 4.67. The summed E-state index contributed by atoms with van der Waals surface area (Å²) in [4.78, 5) is 4.67. The molecule has 1 aromatic heterocycles. The lowest BCUT2D eigenvalue weighted by molar-refractivity contribution is 0.725. The van der Waals surface area contributed by atoms with Gasteiger partial charge in [-0.25, -0.2) is 4.98 Å². The number of aromatic nitrogens is 2. The molecule has 0 atom stereocenters. The van der Waals surface area contributed by atoms with Gasteiger partial charge in [-0.15, -0.1) is 0 Å². The third-order valence-corrected chi connectivity index (χ3v) is 3.25. The molecule has 3 nitrogen and oxygen atoms in total. The molecule has 2 rings (SSSR count). The molecule has 0 radical (unpaired) electrons. The van der Waals surface area contributed by atoms with Crippen LogP contribution in [0.3, 0.4) is 0 Å². The molecule has 0 spiro atoms. The van der Waals surface area contributed by atoms with Gasteiger partial charge in [0.15, 0.2) is 0 Å². The van der Waals surface area contributed by atoms with Crippen molar-refractivity contribution >= 4 is 11.0 Å². The lowest BCUT2D eigenvalue weighted by Gasteiger charge is -2.05. The third kappa shape index (κ3) is 1.71. The molecule has 1 N–H and O–H groups in total. The third-order valence-electron chi connectivity index (χ3n) is 3.25. The van der Waals surface area contributed by atoms with Crippen LogP contribution in [-0.2, 0) is 13.5 Å². The Labute approximate surface area is 96.5 Å². The highest BCUT2D eigenvalue weighted by Gasteiger charge is 2.10. The molecule has 0 saturated carbocycles. The van der Waals surface area contributed by atoms with Crippen LogP contribution in [0.25, 0.3) is 11.0 Å². The van der Waals surface area contributed by atoms with E-state index in [0.717, 1.165) is 24.3 Å². The molecular weight excluding hydrogens is 198 g/mol. The van der Waals surface area contributed by atoms with Gasteiger partial charge in [-0.05, 0) is 38.1 Å². The van der Waals surface area contributed by atoms with Crippen LogP contribution in [0.1, 0.15) is 17.0 Å². The number of nitrogens with one attached hydrogen (secondary N) is 1. The van der Waals surface area contributed by atoms with Crippen LogP contribution in [0.2, 0.25) is 0 Å². The molecule has 1 heterocycles. The fourth-order valence-corrected chi connectivity index (χ4v) is 2.10. The van der Waals surface area contributed by atoms with E-state index >= 15 is 0 Å². The number of hydrogen-bond donors (Lipinski definition) is 1. The van der Waals surface area contributed by atoms with Crippen LogP contribution in [0.4, 0.5) is 0 Å². The second-order valence-electron chi connectivity index (χ2n) is 4.32. The molecule has 0 bridgehead atoms. The van der Waals surface area contributed by atoms with E-state index in [-0.39, 0.29) is 0 Å². The molecule has 86 valence electrons. The average molecular weight is 217 g/mol. The Morgan fingerprint density at radius 3 is 2.75 bits per heavy atom. The minimum absolute atomic E-state index is 0.967. The highest BCUT2D eigenvalue weighted by molar-refractivity contribution is 5.80. The zero-order valence-corrected chi connectivity index (χ0v) is 10.5. The van der Waals surface area contributed by atoms with Crippen LogP contribution < -0.4 is 5.32 Å². The van der Waals surface area contributed by atoms with Crippen molar-refractivity contribution in [1.82, 2.24) is 14.9 Å². The van der Waals surface area contributed by atoms with Gasteiger partial charge in [-0.1, -0.05) is 6.07 Å². The molecule has 0 saturated heterocycles. The standard InChI is InChI=1S/C13H19N3/c1-9-5-6-11-13(10(9)2)16(4)12(15-11)7-8-14-3/h5-6,14H,7-8H2,1-4H3. The second-order valence-corrected chi connectivity index (χ2v) is 4.32. The normalized spacial score (nSPS) is 11.2. The predicted molar refractivity (Wildman–Crippen MR) is 67.8 cm³/mol. The van der Waals surface area contributed by atoms with Gasteiger partial charge >= 0.3 is 0 Å². The molecular formula is C13H19N3. The van der Waals surface area contributed by atoms with Crippen molar-refractivity contribution in [2.45, 2.75) is 20.3 Å². The zero-order chi connectivity index (χ0) is 11.7. The number of imidazole rings is 1. The number of likely N-dealkylation sites (N-methyl/N-ethyl adjacent to an activating group) is 1. The quantitative estimate of drug-likeness (QED) is 0.851. The lowest BCUT2D eigenvalue weighted by atomic mass is 10.1. The Morgan fingerprint density at radius 2 is 2.06 bits per heavy atom. The molecule has 0 unspecified atom stereocenters. The first-order valence-electron chi connectivity index (χ1n) is 5.71. The van der Waals surface area contributed by atoms with Crippen molar-refractivity contribution < 1.29 is 0 Å². The zero-order valence-electron chi connectivity index (χ0n) is 10.5. The molecule has 2 aromatic rings. The summed E-state index contributed by atoms with van der Waals surface area (Å²) in [5.74, 6) is 1.15. The Balaban J connectivity index is 2.55. The SMILES string of the molecule is CNCCc1nc2ccc(C)c(C)c2n1C. The van der Waals surface area contributed by atoms with Gasteiger partial charge in [0.25, 0.3) is 0 Å². The van der Waals surface area contributed by atoms with Crippen LogP contribution in [0.5, 0.6) is 0 Å².